The Hall–Kier alpha value is -1.54. The normalized spacial score (nSPS) is 12.6. The van der Waals surface area contributed by atoms with Crippen LogP contribution in [0.4, 0.5) is 0 Å². The van der Waals surface area contributed by atoms with Gasteiger partial charge in [-0.2, -0.15) is 0 Å². The predicted octanol–water partition coefficient (Wildman–Crippen LogP) is 4.43. The number of unbranched alkanes of at least 4 members (excludes halogenated alkanes) is 1. The van der Waals surface area contributed by atoms with E-state index in [2.05, 4.69) is 37.3 Å². The van der Waals surface area contributed by atoms with E-state index in [-0.39, 0.29) is 6.04 Å². The maximum Gasteiger partial charge on any atom is 0.124 e. The van der Waals surface area contributed by atoms with Crippen LogP contribution in [0.2, 0.25) is 0 Å². The second kappa shape index (κ2) is 6.58. The van der Waals surface area contributed by atoms with Crippen LogP contribution in [0, 0.1) is 0 Å². The molecule has 0 aliphatic carbocycles. The molecule has 2 aromatic rings. The Morgan fingerprint density at radius 1 is 1.11 bits per heavy atom. The molecule has 102 valence electrons. The molecule has 0 amide bonds. The van der Waals surface area contributed by atoms with Gasteiger partial charge in [0.05, 0.1) is 6.61 Å². The van der Waals surface area contributed by atoms with Gasteiger partial charge in [0.1, 0.15) is 5.75 Å². The molecule has 0 spiro atoms. The number of ether oxygens (including phenoxy) is 1. The highest BCUT2D eigenvalue weighted by Gasteiger charge is 2.15. The lowest BCUT2D eigenvalue weighted by atomic mass is 9.95. The molecule has 2 nitrogen and oxygen atoms in total. The Balaban J connectivity index is 2.48. The Morgan fingerprint density at radius 3 is 2.63 bits per heavy atom. The van der Waals surface area contributed by atoms with Crippen molar-refractivity contribution in [2.45, 2.75) is 39.2 Å². The number of hydrogen-bond donors (Lipinski definition) is 1. The van der Waals surface area contributed by atoms with E-state index in [1.807, 2.05) is 13.0 Å². The van der Waals surface area contributed by atoms with Crippen molar-refractivity contribution in [2.75, 3.05) is 6.61 Å². The van der Waals surface area contributed by atoms with Crippen LogP contribution < -0.4 is 10.5 Å². The van der Waals surface area contributed by atoms with Gasteiger partial charge in [-0.05, 0) is 30.2 Å². The van der Waals surface area contributed by atoms with Gasteiger partial charge in [-0.15, -0.1) is 0 Å². The molecule has 19 heavy (non-hydrogen) atoms. The second-order valence-electron chi connectivity index (χ2n) is 4.88. The summed E-state index contributed by atoms with van der Waals surface area (Å²) in [6, 6.07) is 12.6. The van der Waals surface area contributed by atoms with Gasteiger partial charge < -0.3 is 10.5 Å². The molecular weight excluding hydrogens is 234 g/mol. The quantitative estimate of drug-likeness (QED) is 0.831. The lowest BCUT2D eigenvalue weighted by molar-refractivity contribution is 0.334. The lowest BCUT2D eigenvalue weighted by Crippen LogP contribution is -2.12. The first-order valence-electron chi connectivity index (χ1n) is 7.18. The Kier molecular flexibility index (Phi) is 4.80. The molecule has 2 aromatic carbocycles. The Morgan fingerprint density at radius 2 is 1.89 bits per heavy atom. The molecule has 0 saturated heterocycles. The highest BCUT2D eigenvalue weighted by molar-refractivity contribution is 5.88. The second-order valence-corrected chi connectivity index (χ2v) is 4.88. The summed E-state index contributed by atoms with van der Waals surface area (Å²) in [6.07, 6.45) is 3.32. The predicted molar refractivity (Wildman–Crippen MR) is 81.6 cm³/mol. The van der Waals surface area contributed by atoms with Crippen molar-refractivity contribution in [3.8, 4) is 5.75 Å². The fraction of sp³-hybridized carbons (Fsp3) is 0.412. The SMILES string of the molecule is CCCC[C@H](N)c1c(OCC)ccc2ccccc12. The number of fused-ring (bicyclic) bond motifs is 1. The molecule has 1 atom stereocenters. The molecule has 0 heterocycles. The average Bonchev–Trinajstić information content (AvgIpc) is 2.45. The zero-order valence-electron chi connectivity index (χ0n) is 11.9. The third-order valence-corrected chi connectivity index (χ3v) is 3.47. The molecule has 2 heteroatoms. The van der Waals surface area contributed by atoms with Crippen molar-refractivity contribution in [1.82, 2.24) is 0 Å². The monoisotopic (exact) mass is 257 g/mol. The topological polar surface area (TPSA) is 35.2 Å². The first-order chi connectivity index (χ1) is 9.27. The van der Waals surface area contributed by atoms with Crippen molar-refractivity contribution in [1.29, 1.82) is 0 Å². The molecule has 0 aromatic heterocycles. The van der Waals surface area contributed by atoms with Gasteiger partial charge in [0, 0.05) is 11.6 Å². The fourth-order valence-electron chi connectivity index (χ4n) is 2.51. The zero-order chi connectivity index (χ0) is 13.7. The standard InChI is InChI=1S/C17H23NO/c1-3-5-10-15(18)17-14-9-7-6-8-13(14)11-12-16(17)19-4-2/h6-9,11-12,15H,3-5,10,18H2,1-2H3/t15-/m0/s1. The van der Waals surface area contributed by atoms with Crippen LogP contribution in [0.5, 0.6) is 5.75 Å². The smallest absolute Gasteiger partial charge is 0.124 e. The van der Waals surface area contributed by atoms with Crippen molar-refractivity contribution in [3.05, 3.63) is 42.0 Å². The summed E-state index contributed by atoms with van der Waals surface area (Å²) in [5, 5.41) is 2.45. The van der Waals surface area contributed by atoms with E-state index in [4.69, 9.17) is 10.5 Å². The van der Waals surface area contributed by atoms with Gasteiger partial charge in [0.25, 0.3) is 0 Å². The minimum absolute atomic E-state index is 0.0487. The summed E-state index contributed by atoms with van der Waals surface area (Å²) in [6.45, 7) is 4.88. The molecule has 0 aliphatic heterocycles. The van der Waals surface area contributed by atoms with Crippen molar-refractivity contribution < 1.29 is 4.74 Å². The molecule has 0 bridgehead atoms. The van der Waals surface area contributed by atoms with Crippen molar-refractivity contribution in [3.63, 3.8) is 0 Å². The molecule has 2 N–H and O–H groups in total. The number of hydrogen-bond acceptors (Lipinski definition) is 2. The maximum absolute atomic E-state index is 6.40. The Bertz CT molecular complexity index is 536. The first kappa shape index (κ1) is 13.9. The third kappa shape index (κ3) is 3.07. The average molecular weight is 257 g/mol. The van der Waals surface area contributed by atoms with Gasteiger partial charge in [-0.1, -0.05) is 50.1 Å². The van der Waals surface area contributed by atoms with E-state index in [9.17, 15) is 0 Å². The van der Waals surface area contributed by atoms with Gasteiger partial charge in [-0.25, -0.2) is 0 Å². The summed E-state index contributed by atoms with van der Waals surface area (Å²) in [4.78, 5) is 0. The van der Waals surface area contributed by atoms with Gasteiger partial charge in [-0.3, -0.25) is 0 Å². The number of rotatable bonds is 6. The number of benzene rings is 2. The third-order valence-electron chi connectivity index (χ3n) is 3.47. The van der Waals surface area contributed by atoms with Crippen LogP contribution in [-0.2, 0) is 0 Å². The summed E-state index contributed by atoms with van der Waals surface area (Å²) in [5.74, 6) is 0.935. The van der Waals surface area contributed by atoms with E-state index >= 15 is 0 Å². The van der Waals surface area contributed by atoms with Gasteiger partial charge >= 0.3 is 0 Å². The zero-order valence-corrected chi connectivity index (χ0v) is 11.9. The van der Waals surface area contributed by atoms with E-state index in [0.717, 1.165) is 24.2 Å². The van der Waals surface area contributed by atoms with Crippen LogP contribution in [0.1, 0.15) is 44.7 Å². The van der Waals surface area contributed by atoms with Crippen LogP contribution >= 0.6 is 0 Å². The van der Waals surface area contributed by atoms with E-state index in [0.29, 0.717) is 6.61 Å². The highest BCUT2D eigenvalue weighted by atomic mass is 16.5. The van der Waals surface area contributed by atoms with Crippen molar-refractivity contribution in [2.24, 2.45) is 5.73 Å². The van der Waals surface area contributed by atoms with E-state index in [1.165, 1.54) is 17.2 Å². The minimum Gasteiger partial charge on any atom is -0.494 e. The molecule has 0 fully saturated rings. The summed E-state index contributed by atoms with van der Waals surface area (Å²) in [7, 11) is 0. The summed E-state index contributed by atoms with van der Waals surface area (Å²) >= 11 is 0. The minimum atomic E-state index is 0.0487. The van der Waals surface area contributed by atoms with Gasteiger partial charge in [0.2, 0.25) is 0 Å². The molecule has 0 aliphatic rings. The van der Waals surface area contributed by atoms with Crippen LogP contribution in [-0.4, -0.2) is 6.61 Å². The Labute approximate surface area is 115 Å². The van der Waals surface area contributed by atoms with Gasteiger partial charge in [0.15, 0.2) is 0 Å². The molecule has 0 saturated carbocycles. The molecule has 0 unspecified atom stereocenters. The largest absolute Gasteiger partial charge is 0.494 e. The van der Waals surface area contributed by atoms with E-state index < -0.39 is 0 Å². The fourth-order valence-corrected chi connectivity index (χ4v) is 2.51. The molecule has 0 radical (unpaired) electrons. The van der Waals surface area contributed by atoms with Crippen molar-refractivity contribution >= 4 is 10.8 Å². The van der Waals surface area contributed by atoms with Crippen LogP contribution in [0.25, 0.3) is 10.8 Å². The summed E-state index contributed by atoms with van der Waals surface area (Å²) < 4.78 is 5.77. The van der Waals surface area contributed by atoms with Crippen LogP contribution in [0.15, 0.2) is 36.4 Å². The molecule has 2 rings (SSSR count). The summed E-state index contributed by atoms with van der Waals surface area (Å²) in [5.41, 5.74) is 7.56. The maximum atomic E-state index is 6.40. The lowest BCUT2D eigenvalue weighted by Gasteiger charge is -2.19. The highest BCUT2D eigenvalue weighted by Crippen LogP contribution is 2.34. The first-order valence-corrected chi connectivity index (χ1v) is 7.18. The van der Waals surface area contributed by atoms with Crippen LogP contribution in [0.3, 0.4) is 0 Å². The molecular formula is C17H23NO. The number of nitrogens with two attached hydrogens (primary N) is 1. The van der Waals surface area contributed by atoms with E-state index in [1.54, 1.807) is 0 Å².